The lowest BCUT2D eigenvalue weighted by Gasteiger charge is -2.11. The Morgan fingerprint density at radius 1 is 1.04 bits per heavy atom. The van der Waals surface area contributed by atoms with Crippen molar-refractivity contribution >= 4 is 23.1 Å². The van der Waals surface area contributed by atoms with Crippen molar-refractivity contribution in [1.82, 2.24) is 0 Å². The minimum absolute atomic E-state index is 0.388. The number of Topliss-reactive ketones (excluding diaryl/α,β-unsaturated/α-hetero) is 1. The molecule has 1 atom stereocenters. The number of ether oxygens (including phenoxy) is 1. The Morgan fingerprint density at radius 3 is 2.38 bits per heavy atom. The third-order valence-corrected chi connectivity index (χ3v) is 4.02. The van der Waals surface area contributed by atoms with Gasteiger partial charge in [0.15, 0.2) is 5.78 Å². The van der Waals surface area contributed by atoms with E-state index < -0.39 is 11.9 Å². The fourth-order valence-electron chi connectivity index (χ4n) is 2.34. The van der Waals surface area contributed by atoms with Crippen LogP contribution in [0.2, 0.25) is 0 Å². The van der Waals surface area contributed by atoms with Crippen LogP contribution in [0.15, 0.2) is 46.6 Å². The number of hydrogen-bond acceptors (Lipinski definition) is 5. The van der Waals surface area contributed by atoms with Crippen LogP contribution in [0, 0.1) is 20.8 Å². The molecule has 0 aliphatic heterocycles. The molecule has 0 spiro atoms. The first-order valence-electron chi connectivity index (χ1n) is 8.26. The zero-order chi connectivity index (χ0) is 19.3. The Labute approximate surface area is 153 Å². The highest BCUT2D eigenvalue weighted by atomic mass is 16.5. The van der Waals surface area contributed by atoms with E-state index in [4.69, 9.17) is 4.74 Å². The van der Waals surface area contributed by atoms with Crippen LogP contribution in [-0.2, 0) is 9.59 Å². The molecule has 0 bridgehead atoms. The number of benzene rings is 2. The largest absolute Gasteiger partial charge is 0.494 e. The van der Waals surface area contributed by atoms with E-state index in [2.05, 4.69) is 15.5 Å². The van der Waals surface area contributed by atoms with E-state index >= 15 is 0 Å². The number of nitrogens with one attached hydrogen (secondary N) is 1. The predicted molar refractivity (Wildman–Crippen MR) is 101 cm³/mol. The zero-order valence-corrected chi connectivity index (χ0v) is 15.7. The van der Waals surface area contributed by atoms with E-state index in [0.717, 1.165) is 16.7 Å². The molecule has 0 radical (unpaired) electrons. The summed E-state index contributed by atoms with van der Waals surface area (Å²) in [6.45, 7) is 7.19. The van der Waals surface area contributed by atoms with Gasteiger partial charge in [-0.15, -0.1) is 0 Å². The SMILES string of the molecule is COc1cc(C)ccc1N=NC(C(C)=O)C(=O)Nc1ccc(C)c(C)c1. The molecule has 0 aliphatic rings. The second kappa shape index (κ2) is 8.38. The molecule has 1 amide bonds. The number of nitrogens with zero attached hydrogens (tertiary/aromatic N) is 2. The maximum Gasteiger partial charge on any atom is 0.258 e. The van der Waals surface area contributed by atoms with Crippen LogP contribution in [0.25, 0.3) is 0 Å². The lowest BCUT2D eigenvalue weighted by atomic mass is 10.1. The molecule has 6 heteroatoms. The van der Waals surface area contributed by atoms with Crippen LogP contribution in [0.3, 0.4) is 0 Å². The number of carbonyl (C=O) groups is 2. The molecule has 26 heavy (non-hydrogen) atoms. The third kappa shape index (κ3) is 4.75. The molecule has 2 aromatic carbocycles. The van der Waals surface area contributed by atoms with Crippen LogP contribution in [0.1, 0.15) is 23.6 Å². The van der Waals surface area contributed by atoms with Crippen molar-refractivity contribution in [2.75, 3.05) is 12.4 Å². The molecule has 1 N–H and O–H groups in total. The van der Waals surface area contributed by atoms with Gasteiger partial charge < -0.3 is 10.1 Å². The van der Waals surface area contributed by atoms with Gasteiger partial charge in [0.2, 0.25) is 6.04 Å². The van der Waals surface area contributed by atoms with Crippen LogP contribution in [0.5, 0.6) is 5.75 Å². The van der Waals surface area contributed by atoms with Crippen molar-refractivity contribution in [2.45, 2.75) is 33.7 Å². The summed E-state index contributed by atoms with van der Waals surface area (Å²) < 4.78 is 5.26. The molecular formula is C20H23N3O3. The van der Waals surface area contributed by atoms with E-state index in [9.17, 15) is 9.59 Å². The van der Waals surface area contributed by atoms with Crippen LogP contribution in [-0.4, -0.2) is 24.8 Å². The number of aryl methyl sites for hydroxylation is 3. The van der Waals surface area contributed by atoms with Crippen molar-refractivity contribution in [3.63, 3.8) is 0 Å². The number of rotatable bonds is 6. The predicted octanol–water partition coefficient (Wildman–Crippen LogP) is 4.30. The fourth-order valence-corrected chi connectivity index (χ4v) is 2.34. The summed E-state index contributed by atoms with van der Waals surface area (Å²) in [7, 11) is 1.53. The van der Waals surface area contributed by atoms with Gasteiger partial charge in [-0.25, -0.2) is 0 Å². The zero-order valence-electron chi connectivity index (χ0n) is 15.7. The molecule has 2 rings (SSSR count). The molecule has 0 fully saturated rings. The lowest BCUT2D eigenvalue weighted by molar-refractivity contribution is -0.126. The van der Waals surface area contributed by atoms with Crippen LogP contribution >= 0.6 is 0 Å². The Morgan fingerprint density at radius 2 is 1.77 bits per heavy atom. The van der Waals surface area contributed by atoms with E-state index in [1.165, 1.54) is 14.0 Å². The fraction of sp³-hybridized carbons (Fsp3) is 0.300. The minimum Gasteiger partial charge on any atom is -0.494 e. The number of amides is 1. The molecule has 1 unspecified atom stereocenters. The molecule has 0 heterocycles. The van der Waals surface area contributed by atoms with Crippen LogP contribution < -0.4 is 10.1 Å². The Balaban J connectivity index is 2.21. The standard InChI is InChI=1S/C20H23N3O3/c1-12-6-9-17(18(10-12)26-5)22-23-19(15(4)24)20(25)21-16-8-7-13(2)14(3)11-16/h6-11,19H,1-5H3,(H,21,25). The average Bonchev–Trinajstić information content (AvgIpc) is 2.59. The number of methoxy groups -OCH3 is 1. The molecule has 0 aliphatic carbocycles. The molecule has 0 saturated heterocycles. The maximum absolute atomic E-state index is 12.5. The highest BCUT2D eigenvalue weighted by Crippen LogP contribution is 2.28. The number of ketones is 1. The van der Waals surface area contributed by atoms with E-state index in [1.807, 2.05) is 45.0 Å². The summed E-state index contributed by atoms with van der Waals surface area (Å²) in [4.78, 5) is 24.3. The van der Waals surface area contributed by atoms with Gasteiger partial charge in [0, 0.05) is 5.69 Å². The molecule has 0 aromatic heterocycles. The summed E-state index contributed by atoms with van der Waals surface area (Å²) in [5.74, 6) is -0.373. The van der Waals surface area contributed by atoms with Gasteiger partial charge in [-0.05, 0) is 68.7 Å². The molecule has 136 valence electrons. The Bertz CT molecular complexity index is 859. The molecule has 0 saturated carbocycles. The van der Waals surface area contributed by atoms with Gasteiger partial charge in [-0.3, -0.25) is 9.59 Å². The summed E-state index contributed by atoms with van der Waals surface area (Å²) >= 11 is 0. The van der Waals surface area contributed by atoms with Crippen molar-refractivity contribution in [3.05, 3.63) is 53.1 Å². The number of carbonyl (C=O) groups excluding carboxylic acids is 2. The van der Waals surface area contributed by atoms with Gasteiger partial charge in [0.05, 0.1) is 7.11 Å². The topological polar surface area (TPSA) is 80.1 Å². The Hall–Kier alpha value is -3.02. The quantitative estimate of drug-likeness (QED) is 0.621. The summed E-state index contributed by atoms with van der Waals surface area (Å²) in [6, 6.07) is 9.73. The molecular weight excluding hydrogens is 330 g/mol. The van der Waals surface area contributed by atoms with Crippen molar-refractivity contribution in [2.24, 2.45) is 10.2 Å². The summed E-state index contributed by atoms with van der Waals surface area (Å²) in [5, 5.41) is 10.7. The average molecular weight is 353 g/mol. The first kappa shape index (κ1) is 19.3. The second-order valence-corrected chi connectivity index (χ2v) is 6.19. The first-order valence-corrected chi connectivity index (χ1v) is 8.26. The smallest absolute Gasteiger partial charge is 0.258 e. The second-order valence-electron chi connectivity index (χ2n) is 6.19. The number of hydrogen-bond donors (Lipinski definition) is 1. The summed E-state index contributed by atoms with van der Waals surface area (Å²) in [5.41, 5.74) is 4.26. The number of anilines is 1. The maximum atomic E-state index is 12.5. The van der Waals surface area contributed by atoms with E-state index in [0.29, 0.717) is 17.1 Å². The van der Waals surface area contributed by atoms with Gasteiger partial charge in [-0.2, -0.15) is 10.2 Å². The van der Waals surface area contributed by atoms with Crippen molar-refractivity contribution in [3.8, 4) is 5.75 Å². The Kier molecular flexibility index (Phi) is 6.22. The van der Waals surface area contributed by atoms with Gasteiger partial charge >= 0.3 is 0 Å². The van der Waals surface area contributed by atoms with Crippen molar-refractivity contribution < 1.29 is 14.3 Å². The normalized spacial score (nSPS) is 12.0. The summed E-state index contributed by atoms with van der Waals surface area (Å²) in [6.07, 6.45) is 0. The number of azo groups is 1. The highest BCUT2D eigenvalue weighted by molar-refractivity contribution is 6.10. The minimum atomic E-state index is -1.22. The monoisotopic (exact) mass is 353 g/mol. The van der Waals surface area contributed by atoms with Gasteiger partial charge in [0.1, 0.15) is 11.4 Å². The third-order valence-electron chi connectivity index (χ3n) is 4.02. The lowest BCUT2D eigenvalue weighted by Crippen LogP contribution is -2.31. The molecule has 2 aromatic rings. The van der Waals surface area contributed by atoms with Gasteiger partial charge in [-0.1, -0.05) is 12.1 Å². The van der Waals surface area contributed by atoms with Gasteiger partial charge in [0.25, 0.3) is 5.91 Å². The van der Waals surface area contributed by atoms with E-state index in [-0.39, 0.29) is 5.78 Å². The van der Waals surface area contributed by atoms with Crippen molar-refractivity contribution in [1.29, 1.82) is 0 Å². The first-order chi connectivity index (χ1) is 12.3. The highest BCUT2D eigenvalue weighted by Gasteiger charge is 2.23. The van der Waals surface area contributed by atoms with E-state index in [1.54, 1.807) is 12.1 Å². The van der Waals surface area contributed by atoms with Crippen LogP contribution in [0.4, 0.5) is 11.4 Å². The molecule has 6 nitrogen and oxygen atoms in total.